The normalized spacial score (nSPS) is 13.4. The third-order valence-corrected chi connectivity index (χ3v) is 4.31. The van der Waals surface area contributed by atoms with E-state index in [2.05, 4.69) is 4.72 Å². The quantitative estimate of drug-likeness (QED) is 0.742. The van der Waals surface area contributed by atoms with E-state index in [0.29, 0.717) is 12.2 Å². The summed E-state index contributed by atoms with van der Waals surface area (Å²) in [4.78, 5) is 0. The van der Waals surface area contributed by atoms with Gasteiger partial charge in [-0.05, 0) is 31.0 Å². The molecular formula is C13H22N2O4S. The molecule has 0 bridgehead atoms. The number of nitrogens with zero attached hydrogens (tertiary/aromatic N) is 1. The van der Waals surface area contributed by atoms with Crippen LogP contribution in [0.15, 0.2) is 24.3 Å². The minimum atomic E-state index is -3.54. The Morgan fingerprint density at radius 1 is 1.45 bits per heavy atom. The van der Waals surface area contributed by atoms with Crippen molar-refractivity contribution in [3.8, 4) is 5.75 Å². The zero-order chi connectivity index (χ0) is 15.2. The summed E-state index contributed by atoms with van der Waals surface area (Å²) < 4.78 is 32.7. The first-order valence-corrected chi connectivity index (χ1v) is 7.81. The molecule has 0 fully saturated rings. The molecule has 0 aromatic heterocycles. The molecule has 20 heavy (non-hydrogen) atoms. The number of hydrogen-bond acceptors (Lipinski definition) is 4. The summed E-state index contributed by atoms with van der Waals surface area (Å²) in [5.74, 6) is 0.690. The van der Waals surface area contributed by atoms with Crippen LogP contribution in [0.3, 0.4) is 0 Å². The second-order valence-corrected chi connectivity index (χ2v) is 6.51. The molecule has 7 heteroatoms. The Balaban J connectivity index is 2.61. The summed E-state index contributed by atoms with van der Waals surface area (Å²) in [7, 11) is -0.472. The third-order valence-electron chi connectivity index (χ3n) is 2.80. The van der Waals surface area contributed by atoms with E-state index in [1.54, 1.807) is 26.2 Å². The molecule has 0 aliphatic heterocycles. The second-order valence-electron chi connectivity index (χ2n) is 4.64. The lowest BCUT2D eigenvalue weighted by atomic mass is 10.2. The summed E-state index contributed by atoms with van der Waals surface area (Å²) >= 11 is 0. The number of benzene rings is 1. The highest BCUT2D eigenvalue weighted by Gasteiger charge is 2.17. The fourth-order valence-corrected chi connectivity index (χ4v) is 2.54. The van der Waals surface area contributed by atoms with Gasteiger partial charge in [0.05, 0.1) is 13.2 Å². The van der Waals surface area contributed by atoms with Crippen molar-refractivity contribution >= 4 is 10.2 Å². The van der Waals surface area contributed by atoms with E-state index >= 15 is 0 Å². The molecule has 1 aromatic carbocycles. The fraction of sp³-hybridized carbons (Fsp3) is 0.538. The van der Waals surface area contributed by atoms with E-state index in [1.165, 1.54) is 11.4 Å². The number of hydrogen-bond donors (Lipinski definition) is 2. The fourth-order valence-electron chi connectivity index (χ4n) is 1.62. The third kappa shape index (κ3) is 5.46. The molecule has 1 rings (SSSR count). The van der Waals surface area contributed by atoms with Gasteiger partial charge in [0.15, 0.2) is 0 Å². The highest BCUT2D eigenvalue weighted by atomic mass is 32.2. The Morgan fingerprint density at radius 3 is 2.75 bits per heavy atom. The van der Waals surface area contributed by atoms with Crippen LogP contribution in [-0.4, -0.2) is 44.6 Å². The van der Waals surface area contributed by atoms with Gasteiger partial charge in [0.1, 0.15) is 5.75 Å². The van der Waals surface area contributed by atoms with Crippen molar-refractivity contribution in [3.63, 3.8) is 0 Å². The monoisotopic (exact) mass is 302 g/mol. The Kier molecular flexibility index (Phi) is 6.41. The Hall–Kier alpha value is -1.15. The number of methoxy groups -OCH3 is 1. The first-order chi connectivity index (χ1) is 9.35. The maximum atomic E-state index is 12.0. The van der Waals surface area contributed by atoms with Crippen LogP contribution in [0.2, 0.25) is 0 Å². The lowest BCUT2D eigenvalue weighted by Crippen LogP contribution is -2.38. The molecule has 0 aliphatic carbocycles. The predicted molar refractivity (Wildman–Crippen MR) is 77.7 cm³/mol. The first-order valence-electron chi connectivity index (χ1n) is 6.37. The second kappa shape index (κ2) is 7.58. The minimum absolute atomic E-state index is 0.211. The topological polar surface area (TPSA) is 78.9 Å². The first kappa shape index (κ1) is 16.9. The molecule has 0 heterocycles. The van der Waals surface area contributed by atoms with Crippen molar-refractivity contribution in [2.24, 2.45) is 0 Å². The van der Waals surface area contributed by atoms with E-state index in [0.717, 1.165) is 5.56 Å². The number of ether oxygens (including phenoxy) is 1. The Labute approximate surface area is 120 Å². The Morgan fingerprint density at radius 2 is 2.15 bits per heavy atom. The van der Waals surface area contributed by atoms with Gasteiger partial charge in [-0.3, -0.25) is 0 Å². The molecule has 114 valence electrons. The van der Waals surface area contributed by atoms with Gasteiger partial charge in [-0.25, -0.2) is 4.72 Å². The molecule has 0 radical (unpaired) electrons. The largest absolute Gasteiger partial charge is 0.497 e. The van der Waals surface area contributed by atoms with Crippen LogP contribution in [0.25, 0.3) is 0 Å². The molecule has 2 N–H and O–H groups in total. The standard InChI is InChI=1S/C13H22N2O4S/c1-11(16)7-8-14-20(17,18)15(2)10-12-5-4-6-13(9-12)19-3/h4-6,9,11,14,16H,7-8,10H2,1-3H3. The van der Waals surface area contributed by atoms with Gasteiger partial charge in [0, 0.05) is 20.1 Å². The molecule has 0 saturated heterocycles. The van der Waals surface area contributed by atoms with E-state index in [4.69, 9.17) is 9.84 Å². The zero-order valence-corrected chi connectivity index (χ0v) is 12.9. The lowest BCUT2D eigenvalue weighted by Gasteiger charge is -2.18. The van der Waals surface area contributed by atoms with Gasteiger partial charge in [-0.2, -0.15) is 12.7 Å². The number of aliphatic hydroxyl groups excluding tert-OH is 1. The SMILES string of the molecule is COc1cccc(CN(C)S(=O)(=O)NCCC(C)O)c1. The van der Waals surface area contributed by atoms with E-state index in [1.807, 2.05) is 12.1 Å². The van der Waals surface area contributed by atoms with Gasteiger partial charge in [-0.1, -0.05) is 12.1 Å². The molecule has 0 saturated carbocycles. The minimum Gasteiger partial charge on any atom is -0.497 e. The van der Waals surface area contributed by atoms with E-state index < -0.39 is 16.3 Å². The average molecular weight is 302 g/mol. The van der Waals surface area contributed by atoms with E-state index in [9.17, 15) is 8.42 Å². The highest BCUT2D eigenvalue weighted by molar-refractivity contribution is 7.87. The maximum Gasteiger partial charge on any atom is 0.279 e. The maximum absolute atomic E-state index is 12.0. The van der Waals surface area contributed by atoms with Crippen molar-refractivity contribution in [3.05, 3.63) is 29.8 Å². The molecule has 0 amide bonds. The summed E-state index contributed by atoms with van der Waals surface area (Å²) in [6, 6.07) is 7.25. The van der Waals surface area contributed by atoms with E-state index in [-0.39, 0.29) is 13.1 Å². The van der Waals surface area contributed by atoms with Crippen LogP contribution in [0.5, 0.6) is 5.75 Å². The van der Waals surface area contributed by atoms with Crippen LogP contribution in [-0.2, 0) is 16.8 Å². The van der Waals surface area contributed by atoms with Gasteiger partial charge in [-0.15, -0.1) is 0 Å². The zero-order valence-electron chi connectivity index (χ0n) is 12.0. The molecule has 1 unspecified atom stereocenters. The number of rotatable bonds is 8. The van der Waals surface area contributed by atoms with Crippen LogP contribution in [0, 0.1) is 0 Å². The number of nitrogens with one attached hydrogen (secondary N) is 1. The lowest BCUT2D eigenvalue weighted by molar-refractivity contribution is 0.186. The molecule has 0 spiro atoms. The van der Waals surface area contributed by atoms with Crippen molar-refractivity contribution in [2.45, 2.75) is 26.0 Å². The van der Waals surface area contributed by atoms with Crippen LogP contribution < -0.4 is 9.46 Å². The summed E-state index contributed by atoms with van der Waals surface area (Å²) in [6.45, 7) is 2.08. The van der Waals surface area contributed by atoms with Crippen molar-refractivity contribution in [2.75, 3.05) is 20.7 Å². The van der Waals surface area contributed by atoms with Gasteiger partial charge >= 0.3 is 0 Å². The van der Waals surface area contributed by atoms with Crippen LogP contribution >= 0.6 is 0 Å². The van der Waals surface area contributed by atoms with Gasteiger partial charge in [0.25, 0.3) is 10.2 Å². The van der Waals surface area contributed by atoms with Crippen LogP contribution in [0.4, 0.5) is 0 Å². The molecule has 0 aliphatic rings. The predicted octanol–water partition coefficient (Wildman–Crippen LogP) is 0.732. The number of aliphatic hydroxyl groups is 1. The van der Waals surface area contributed by atoms with Gasteiger partial charge < -0.3 is 9.84 Å². The summed E-state index contributed by atoms with van der Waals surface area (Å²) in [6.07, 6.45) is -0.145. The molecule has 1 atom stereocenters. The van der Waals surface area contributed by atoms with Crippen molar-refractivity contribution < 1.29 is 18.3 Å². The van der Waals surface area contributed by atoms with Gasteiger partial charge in [0.2, 0.25) is 0 Å². The summed E-state index contributed by atoms with van der Waals surface area (Å²) in [5, 5.41) is 9.12. The summed E-state index contributed by atoms with van der Waals surface area (Å²) in [5.41, 5.74) is 0.841. The Bertz CT molecular complexity index is 517. The molecule has 1 aromatic rings. The highest BCUT2D eigenvalue weighted by Crippen LogP contribution is 2.14. The average Bonchev–Trinajstić information content (AvgIpc) is 2.38. The molecular weight excluding hydrogens is 280 g/mol. The van der Waals surface area contributed by atoms with Crippen molar-refractivity contribution in [1.29, 1.82) is 0 Å². The van der Waals surface area contributed by atoms with Crippen LogP contribution in [0.1, 0.15) is 18.9 Å². The van der Waals surface area contributed by atoms with Crippen molar-refractivity contribution in [1.82, 2.24) is 9.03 Å². The smallest absolute Gasteiger partial charge is 0.279 e. The molecule has 6 nitrogen and oxygen atoms in total.